The molecule has 6 N–H and O–H groups in total. The molecule has 0 aromatic carbocycles. The number of hydrogen-bond acceptors (Lipinski definition) is 4. The first-order chi connectivity index (χ1) is 7.38. The molecule has 0 radical (unpaired) electrons. The van der Waals surface area contributed by atoms with E-state index in [0.29, 0.717) is 6.42 Å². The molecule has 92 valence electrons. The summed E-state index contributed by atoms with van der Waals surface area (Å²) in [6, 6.07) is -1.87. The lowest BCUT2D eigenvalue weighted by atomic mass is 10.1. The van der Waals surface area contributed by atoms with E-state index >= 15 is 0 Å². The average molecular weight is 231 g/mol. The van der Waals surface area contributed by atoms with E-state index in [0.717, 1.165) is 0 Å². The number of hydrogen-bond donors (Lipinski definition) is 4. The number of aliphatic carboxylic acids is 1. The zero-order chi connectivity index (χ0) is 12.7. The van der Waals surface area contributed by atoms with Crippen LogP contribution in [0, 0.1) is 0 Å². The van der Waals surface area contributed by atoms with Gasteiger partial charge in [0.05, 0.1) is 6.04 Å². The van der Waals surface area contributed by atoms with Crippen molar-refractivity contribution >= 4 is 17.8 Å². The number of primary amides is 1. The summed E-state index contributed by atoms with van der Waals surface area (Å²) in [4.78, 5) is 32.6. The predicted octanol–water partition coefficient (Wildman–Crippen LogP) is -1.44. The minimum atomic E-state index is -1.21. The summed E-state index contributed by atoms with van der Waals surface area (Å²) >= 11 is 0. The topological polar surface area (TPSA) is 136 Å². The van der Waals surface area contributed by atoms with Crippen molar-refractivity contribution in [3.63, 3.8) is 0 Å². The Morgan fingerprint density at radius 1 is 1.38 bits per heavy atom. The Kier molecular flexibility index (Phi) is 6.09. The molecule has 0 saturated carbocycles. The third kappa shape index (κ3) is 5.30. The molecule has 0 fully saturated rings. The summed E-state index contributed by atoms with van der Waals surface area (Å²) in [7, 11) is 0. The van der Waals surface area contributed by atoms with Gasteiger partial charge in [-0.2, -0.15) is 0 Å². The molecule has 2 atom stereocenters. The van der Waals surface area contributed by atoms with Gasteiger partial charge in [-0.1, -0.05) is 6.92 Å². The standard InChI is InChI=1S/C9H17N3O4/c1-2-5(10)8(14)12-6(9(15)16)3-4-7(11)13/h5-6H,2-4,10H2,1H3,(H2,11,13)(H,12,14)(H,15,16)/t5-,6-/m1/s1. The van der Waals surface area contributed by atoms with Crippen LogP contribution in [0.1, 0.15) is 26.2 Å². The third-order valence-corrected chi connectivity index (χ3v) is 2.07. The maximum Gasteiger partial charge on any atom is 0.326 e. The van der Waals surface area contributed by atoms with Crippen LogP contribution >= 0.6 is 0 Å². The molecule has 0 spiro atoms. The molecule has 0 aromatic heterocycles. The molecule has 16 heavy (non-hydrogen) atoms. The minimum absolute atomic E-state index is 0.0349. The van der Waals surface area contributed by atoms with Gasteiger partial charge in [-0.3, -0.25) is 9.59 Å². The van der Waals surface area contributed by atoms with Crippen molar-refractivity contribution < 1.29 is 19.5 Å². The van der Waals surface area contributed by atoms with E-state index in [1.165, 1.54) is 0 Å². The highest BCUT2D eigenvalue weighted by molar-refractivity contribution is 5.87. The molecule has 7 nitrogen and oxygen atoms in total. The molecule has 0 aromatic rings. The zero-order valence-electron chi connectivity index (χ0n) is 9.10. The number of carboxylic acids is 1. The molecule has 0 aliphatic rings. The predicted molar refractivity (Wildman–Crippen MR) is 56.3 cm³/mol. The van der Waals surface area contributed by atoms with Crippen molar-refractivity contribution in [2.24, 2.45) is 11.5 Å². The number of nitrogens with one attached hydrogen (secondary N) is 1. The fourth-order valence-electron chi connectivity index (χ4n) is 1.01. The van der Waals surface area contributed by atoms with E-state index in [-0.39, 0.29) is 12.8 Å². The quantitative estimate of drug-likeness (QED) is 0.425. The number of carbonyl (C=O) groups is 3. The molecule has 0 unspecified atom stereocenters. The van der Waals surface area contributed by atoms with Gasteiger partial charge in [-0.15, -0.1) is 0 Å². The summed E-state index contributed by atoms with van der Waals surface area (Å²) in [5, 5.41) is 11.0. The summed E-state index contributed by atoms with van der Waals surface area (Å²) in [6.07, 6.45) is 0.277. The highest BCUT2D eigenvalue weighted by Crippen LogP contribution is 1.98. The van der Waals surface area contributed by atoms with Crippen LogP contribution in [-0.2, 0) is 14.4 Å². The molecule has 0 aliphatic heterocycles. The van der Waals surface area contributed by atoms with Crippen LogP contribution in [0.15, 0.2) is 0 Å². The van der Waals surface area contributed by atoms with Gasteiger partial charge in [0, 0.05) is 6.42 Å². The smallest absolute Gasteiger partial charge is 0.326 e. The molecule has 0 heterocycles. The second-order valence-electron chi connectivity index (χ2n) is 3.42. The highest BCUT2D eigenvalue weighted by Gasteiger charge is 2.22. The van der Waals surface area contributed by atoms with E-state index in [1.807, 2.05) is 0 Å². The van der Waals surface area contributed by atoms with Crippen LogP contribution < -0.4 is 16.8 Å². The van der Waals surface area contributed by atoms with Crippen LogP contribution in [0.5, 0.6) is 0 Å². The van der Waals surface area contributed by atoms with Gasteiger partial charge in [0.2, 0.25) is 11.8 Å². The van der Waals surface area contributed by atoms with Gasteiger partial charge in [-0.05, 0) is 12.8 Å². The normalized spacial score (nSPS) is 13.9. The Hall–Kier alpha value is -1.63. The lowest BCUT2D eigenvalue weighted by Crippen LogP contribution is -2.48. The fourth-order valence-corrected chi connectivity index (χ4v) is 1.01. The Balaban J connectivity index is 4.28. The number of carbonyl (C=O) groups excluding carboxylic acids is 2. The second kappa shape index (κ2) is 6.78. The average Bonchev–Trinajstić information content (AvgIpc) is 2.21. The van der Waals surface area contributed by atoms with Crippen LogP contribution in [0.3, 0.4) is 0 Å². The van der Waals surface area contributed by atoms with Gasteiger partial charge in [0.1, 0.15) is 6.04 Å². The molecular formula is C9H17N3O4. The summed E-state index contributed by atoms with van der Waals surface area (Å²) in [6.45, 7) is 1.71. The Bertz CT molecular complexity index is 280. The molecule has 0 rings (SSSR count). The van der Waals surface area contributed by atoms with Crippen molar-refractivity contribution in [1.29, 1.82) is 0 Å². The number of amides is 2. The molecular weight excluding hydrogens is 214 g/mol. The Morgan fingerprint density at radius 2 is 1.94 bits per heavy atom. The summed E-state index contributed by atoms with van der Waals surface area (Å²) in [5.74, 6) is -2.36. The largest absolute Gasteiger partial charge is 0.480 e. The van der Waals surface area contributed by atoms with E-state index < -0.39 is 29.9 Å². The SMILES string of the molecule is CC[C@@H](N)C(=O)N[C@H](CCC(N)=O)C(=O)O. The van der Waals surface area contributed by atoms with Crippen LogP contribution in [0.25, 0.3) is 0 Å². The lowest BCUT2D eigenvalue weighted by Gasteiger charge is -2.16. The first-order valence-electron chi connectivity index (χ1n) is 4.95. The maximum atomic E-state index is 11.3. The number of nitrogens with two attached hydrogens (primary N) is 2. The zero-order valence-corrected chi connectivity index (χ0v) is 9.10. The second-order valence-corrected chi connectivity index (χ2v) is 3.42. The molecule has 0 saturated heterocycles. The van der Waals surface area contributed by atoms with Crippen molar-refractivity contribution in [3.05, 3.63) is 0 Å². The fraction of sp³-hybridized carbons (Fsp3) is 0.667. The van der Waals surface area contributed by atoms with E-state index in [9.17, 15) is 14.4 Å². The van der Waals surface area contributed by atoms with Gasteiger partial charge in [-0.25, -0.2) is 4.79 Å². The van der Waals surface area contributed by atoms with Crippen molar-refractivity contribution in [2.45, 2.75) is 38.3 Å². The van der Waals surface area contributed by atoms with E-state index in [4.69, 9.17) is 16.6 Å². The van der Waals surface area contributed by atoms with Crippen molar-refractivity contribution in [2.75, 3.05) is 0 Å². The van der Waals surface area contributed by atoms with Crippen LogP contribution in [0.4, 0.5) is 0 Å². The van der Waals surface area contributed by atoms with E-state index in [2.05, 4.69) is 5.32 Å². The Morgan fingerprint density at radius 3 is 2.31 bits per heavy atom. The first kappa shape index (κ1) is 14.4. The summed E-state index contributed by atoms with van der Waals surface area (Å²) < 4.78 is 0. The monoisotopic (exact) mass is 231 g/mol. The first-order valence-corrected chi connectivity index (χ1v) is 4.95. The maximum absolute atomic E-state index is 11.3. The minimum Gasteiger partial charge on any atom is -0.480 e. The molecule has 7 heteroatoms. The molecule has 2 amide bonds. The van der Waals surface area contributed by atoms with Gasteiger partial charge in [0.25, 0.3) is 0 Å². The van der Waals surface area contributed by atoms with Gasteiger partial charge in [0.15, 0.2) is 0 Å². The van der Waals surface area contributed by atoms with Crippen LogP contribution in [0.2, 0.25) is 0 Å². The highest BCUT2D eigenvalue weighted by atomic mass is 16.4. The third-order valence-electron chi connectivity index (χ3n) is 2.07. The van der Waals surface area contributed by atoms with Gasteiger partial charge < -0.3 is 21.9 Å². The molecule has 0 aliphatic carbocycles. The van der Waals surface area contributed by atoms with E-state index in [1.54, 1.807) is 6.92 Å². The van der Waals surface area contributed by atoms with Crippen LogP contribution in [-0.4, -0.2) is 35.0 Å². The lowest BCUT2D eigenvalue weighted by molar-refractivity contribution is -0.142. The van der Waals surface area contributed by atoms with Crippen molar-refractivity contribution in [3.8, 4) is 0 Å². The van der Waals surface area contributed by atoms with Crippen molar-refractivity contribution in [1.82, 2.24) is 5.32 Å². The molecule has 0 bridgehead atoms. The number of rotatable bonds is 7. The van der Waals surface area contributed by atoms with Gasteiger partial charge >= 0.3 is 5.97 Å². The summed E-state index contributed by atoms with van der Waals surface area (Å²) in [5.41, 5.74) is 10.3. The number of carboxylic acid groups (broad SMARTS) is 1. The Labute approximate surface area is 93.2 Å².